The molecule has 142 valence electrons. The van der Waals surface area contributed by atoms with E-state index in [-0.39, 0.29) is 17.9 Å². The summed E-state index contributed by atoms with van der Waals surface area (Å²) in [6.45, 7) is 5.54. The molecule has 1 saturated heterocycles. The third-order valence-electron chi connectivity index (χ3n) is 4.50. The van der Waals surface area contributed by atoms with E-state index in [9.17, 15) is 9.59 Å². The van der Waals surface area contributed by atoms with Crippen molar-refractivity contribution >= 4 is 17.5 Å². The summed E-state index contributed by atoms with van der Waals surface area (Å²) in [5, 5.41) is 2.87. The lowest BCUT2D eigenvalue weighted by molar-refractivity contribution is 0.0724. The Labute approximate surface area is 160 Å². The average molecular weight is 366 g/mol. The molecule has 0 bridgehead atoms. The van der Waals surface area contributed by atoms with E-state index in [1.165, 1.54) is 6.42 Å². The van der Waals surface area contributed by atoms with E-state index >= 15 is 0 Å². The Balaban J connectivity index is 1.64. The highest BCUT2D eigenvalue weighted by Crippen LogP contribution is 2.18. The standard InChI is InChI=1S/C22H26N2O3/c1-16(2)27-20-8-6-7-18(15-20)21(25)23-19-11-9-17(10-12-19)22(26)24-13-4-3-5-14-24/h6-12,15-16H,3-5,13-14H2,1-2H3,(H,23,25). The summed E-state index contributed by atoms with van der Waals surface area (Å²) >= 11 is 0. The van der Waals surface area contributed by atoms with Gasteiger partial charge in [-0.2, -0.15) is 0 Å². The number of carbonyl (C=O) groups is 2. The van der Waals surface area contributed by atoms with Crippen LogP contribution in [-0.2, 0) is 0 Å². The predicted octanol–water partition coefficient (Wildman–Crippen LogP) is 4.35. The minimum atomic E-state index is -0.209. The van der Waals surface area contributed by atoms with Crippen LogP contribution in [0.4, 0.5) is 5.69 Å². The van der Waals surface area contributed by atoms with Gasteiger partial charge in [0.15, 0.2) is 0 Å². The lowest BCUT2D eigenvalue weighted by atomic mass is 10.1. The highest BCUT2D eigenvalue weighted by atomic mass is 16.5. The Bertz CT molecular complexity index is 793. The average Bonchev–Trinajstić information content (AvgIpc) is 2.68. The van der Waals surface area contributed by atoms with Crippen molar-refractivity contribution in [1.82, 2.24) is 4.90 Å². The van der Waals surface area contributed by atoms with Crippen LogP contribution in [-0.4, -0.2) is 35.9 Å². The summed E-state index contributed by atoms with van der Waals surface area (Å²) in [6, 6.07) is 14.2. The zero-order chi connectivity index (χ0) is 19.2. The number of rotatable bonds is 5. The maximum atomic E-state index is 12.5. The van der Waals surface area contributed by atoms with Crippen molar-refractivity contribution in [3.05, 3.63) is 59.7 Å². The molecule has 2 aromatic carbocycles. The topological polar surface area (TPSA) is 58.6 Å². The highest BCUT2D eigenvalue weighted by molar-refractivity contribution is 6.04. The van der Waals surface area contributed by atoms with E-state index in [0.717, 1.165) is 25.9 Å². The van der Waals surface area contributed by atoms with Crippen LogP contribution < -0.4 is 10.1 Å². The predicted molar refractivity (Wildman–Crippen MR) is 106 cm³/mol. The van der Waals surface area contributed by atoms with Crippen LogP contribution in [0, 0.1) is 0 Å². The third-order valence-corrected chi connectivity index (χ3v) is 4.50. The van der Waals surface area contributed by atoms with Gasteiger partial charge in [-0.3, -0.25) is 9.59 Å². The molecule has 0 atom stereocenters. The molecule has 1 N–H and O–H groups in total. The minimum absolute atomic E-state index is 0.0493. The van der Waals surface area contributed by atoms with E-state index in [4.69, 9.17) is 4.74 Å². The molecule has 1 aliphatic heterocycles. The molecule has 0 saturated carbocycles. The number of hydrogen-bond acceptors (Lipinski definition) is 3. The number of likely N-dealkylation sites (tertiary alicyclic amines) is 1. The molecule has 0 spiro atoms. The summed E-state index contributed by atoms with van der Waals surface area (Å²) in [4.78, 5) is 26.9. The summed E-state index contributed by atoms with van der Waals surface area (Å²) < 4.78 is 5.63. The molecule has 1 fully saturated rings. The van der Waals surface area contributed by atoms with Gasteiger partial charge in [0.05, 0.1) is 6.10 Å². The van der Waals surface area contributed by atoms with Crippen molar-refractivity contribution in [2.45, 2.75) is 39.2 Å². The van der Waals surface area contributed by atoms with Crippen molar-refractivity contribution in [3.8, 4) is 5.75 Å². The fourth-order valence-corrected chi connectivity index (χ4v) is 3.16. The molecule has 0 unspecified atom stereocenters. The normalized spacial score (nSPS) is 14.1. The van der Waals surface area contributed by atoms with Gasteiger partial charge in [0.25, 0.3) is 11.8 Å². The first-order chi connectivity index (χ1) is 13.0. The summed E-state index contributed by atoms with van der Waals surface area (Å²) in [5.41, 5.74) is 1.84. The van der Waals surface area contributed by atoms with Gasteiger partial charge in [0.1, 0.15) is 5.75 Å². The SMILES string of the molecule is CC(C)Oc1cccc(C(=O)Nc2ccc(C(=O)N3CCCCC3)cc2)c1. The van der Waals surface area contributed by atoms with Crippen LogP contribution >= 0.6 is 0 Å². The Hall–Kier alpha value is -2.82. The van der Waals surface area contributed by atoms with Gasteiger partial charge in [-0.15, -0.1) is 0 Å². The van der Waals surface area contributed by atoms with Gasteiger partial charge in [-0.05, 0) is 75.6 Å². The third kappa shape index (κ3) is 5.09. The molecular formula is C22H26N2O3. The second-order valence-electron chi connectivity index (χ2n) is 7.08. The van der Waals surface area contributed by atoms with Crippen molar-refractivity contribution < 1.29 is 14.3 Å². The summed E-state index contributed by atoms with van der Waals surface area (Å²) in [7, 11) is 0. The van der Waals surface area contributed by atoms with Crippen LogP contribution in [0.15, 0.2) is 48.5 Å². The van der Waals surface area contributed by atoms with Crippen molar-refractivity contribution in [3.63, 3.8) is 0 Å². The Morgan fingerprint density at radius 2 is 1.67 bits per heavy atom. The maximum Gasteiger partial charge on any atom is 0.255 e. The van der Waals surface area contributed by atoms with Gasteiger partial charge < -0.3 is 15.0 Å². The van der Waals surface area contributed by atoms with E-state index < -0.39 is 0 Å². The highest BCUT2D eigenvalue weighted by Gasteiger charge is 2.18. The summed E-state index contributed by atoms with van der Waals surface area (Å²) in [6.07, 6.45) is 3.38. The molecule has 0 aliphatic carbocycles. The van der Waals surface area contributed by atoms with Crippen LogP contribution in [0.5, 0.6) is 5.75 Å². The molecule has 3 rings (SSSR count). The van der Waals surface area contributed by atoms with Gasteiger partial charge in [-0.25, -0.2) is 0 Å². The molecule has 5 heteroatoms. The fraction of sp³-hybridized carbons (Fsp3) is 0.364. The number of ether oxygens (including phenoxy) is 1. The van der Waals surface area contributed by atoms with Crippen LogP contribution in [0.3, 0.4) is 0 Å². The van der Waals surface area contributed by atoms with Crippen LogP contribution in [0.1, 0.15) is 53.8 Å². The summed E-state index contributed by atoms with van der Waals surface area (Å²) in [5.74, 6) is 0.519. The first kappa shape index (κ1) is 19.0. The molecule has 1 aliphatic rings. The molecule has 1 heterocycles. The fourth-order valence-electron chi connectivity index (χ4n) is 3.16. The number of nitrogens with zero attached hydrogens (tertiary/aromatic N) is 1. The molecule has 27 heavy (non-hydrogen) atoms. The molecule has 0 aromatic heterocycles. The van der Waals surface area contributed by atoms with Gasteiger partial charge in [0.2, 0.25) is 0 Å². The number of benzene rings is 2. The second kappa shape index (κ2) is 8.71. The molecule has 2 amide bonds. The van der Waals surface area contributed by atoms with Crippen molar-refractivity contribution in [1.29, 1.82) is 0 Å². The number of anilines is 1. The van der Waals surface area contributed by atoms with Crippen LogP contribution in [0.25, 0.3) is 0 Å². The maximum absolute atomic E-state index is 12.5. The number of amides is 2. The first-order valence-electron chi connectivity index (χ1n) is 9.50. The van der Waals surface area contributed by atoms with Gasteiger partial charge >= 0.3 is 0 Å². The van der Waals surface area contributed by atoms with Crippen molar-refractivity contribution in [2.24, 2.45) is 0 Å². The quantitative estimate of drug-likeness (QED) is 0.856. The monoisotopic (exact) mass is 366 g/mol. The number of hydrogen-bond donors (Lipinski definition) is 1. The second-order valence-corrected chi connectivity index (χ2v) is 7.08. The molecule has 0 radical (unpaired) electrons. The van der Waals surface area contributed by atoms with Gasteiger partial charge in [0, 0.05) is 29.9 Å². The minimum Gasteiger partial charge on any atom is -0.491 e. The Morgan fingerprint density at radius 1 is 0.963 bits per heavy atom. The molecule has 5 nitrogen and oxygen atoms in total. The lowest BCUT2D eigenvalue weighted by Gasteiger charge is -2.26. The smallest absolute Gasteiger partial charge is 0.255 e. The van der Waals surface area contributed by atoms with Gasteiger partial charge in [-0.1, -0.05) is 6.07 Å². The zero-order valence-corrected chi connectivity index (χ0v) is 15.9. The Kier molecular flexibility index (Phi) is 6.12. The van der Waals surface area contributed by atoms with Crippen molar-refractivity contribution in [2.75, 3.05) is 18.4 Å². The van der Waals surface area contributed by atoms with Crippen LogP contribution in [0.2, 0.25) is 0 Å². The Morgan fingerprint density at radius 3 is 2.33 bits per heavy atom. The molecule has 2 aromatic rings. The first-order valence-corrected chi connectivity index (χ1v) is 9.50. The number of piperidine rings is 1. The van der Waals surface area contributed by atoms with E-state index in [2.05, 4.69) is 5.32 Å². The van der Waals surface area contributed by atoms with E-state index in [0.29, 0.717) is 22.6 Å². The lowest BCUT2D eigenvalue weighted by Crippen LogP contribution is -2.35. The number of carbonyl (C=O) groups excluding carboxylic acids is 2. The number of nitrogens with one attached hydrogen (secondary N) is 1. The largest absolute Gasteiger partial charge is 0.491 e. The van der Waals surface area contributed by atoms with E-state index in [1.807, 2.05) is 24.8 Å². The van der Waals surface area contributed by atoms with E-state index in [1.54, 1.807) is 42.5 Å². The zero-order valence-electron chi connectivity index (χ0n) is 15.9. The molecular weight excluding hydrogens is 340 g/mol.